The van der Waals surface area contributed by atoms with Crippen molar-refractivity contribution in [3.8, 4) is 0 Å². The molecule has 5 N–H and O–H groups in total. The minimum Gasteiger partial charge on any atom is -0.390 e. The molecule has 1 aromatic carbocycles. The summed E-state index contributed by atoms with van der Waals surface area (Å²) in [5.74, 6) is -1.59. The molecule has 0 aliphatic heterocycles. The number of aliphatic hydroxyl groups is 1. The van der Waals surface area contributed by atoms with E-state index in [-0.39, 0.29) is 12.3 Å². The molecule has 2 rings (SSSR count). The number of primary amides is 1. The van der Waals surface area contributed by atoms with Gasteiger partial charge in [0.05, 0.1) is 12.0 Å². The van der Waals surface area contributed by atoms with Crippen molar-refractivity contribution in [1.82, 2.24) is 10.6 Å². The van der Waals surface area contributed by atoms with E-state index in [1.807, 2.05) is 45.0 Å². The van der Waals surface area contributed by atoms with Crippen molar-refractivity contribution in [2.75, 3.05) is 0 Å². The highest BCUT2D eigenvalue weighted by atomic mass is 16.3. The quantitative estimate of drug-likeness (QED) is 0.395. The molecule has 7 nitrogen and oxygen atoms in total. The Balaban J connectivity index is 1.99. The number of carbonyl (C=O) groups is 3. The molecule has 0 bridgehead atoms. The lowest BCUT2D eigenvalue weighted by atomic mass is 9.81. The third kappa shape index (κ3) is 9.84. The molecule has 1 aromatic rings. The van der Waals surface area contributed by atoms with Gasteiger partial charge in [-0.15, -0.1) is 0 Å². The molecule has 3 amide bonds. The van der Waals surface area contributed by atoms with Crippen molar-refractivity contribution >= 4 is 17.7 Å². The van der Waals surface area contributed by atoms with E-state index in [0.29, 0.717) is 6.42 Å². The normalized spacial score (nSPS) is 17.4. The fraction of sp³-hybridized carbons (Fsp3) is 0.630. The summed E-state index contributed by atoms with van der Waals surface area (Å²) in [6.07, 6.45) is 8.66. The number of rotatable bonds is 11. The lowest BCUT2D eigenvalue weighted by Crippen LogP contribution is -2.53. The lowest BCUT2D eigenvalue weighted by Gasteiger charge is -2.32. The van der Waals surface area contributed by atoms with Crippen LogP contribution < -0.4 is 16.4 Å². The molecule has 1 aliphatic carbocycles. The summed E-state index contributed by atoms with van der Waals surface area (Å²) < 4.78 is 0. The molecule has 0 aromatic heterocycles. The zero-order chi connectivity index (χ0) is 25.4. The van der Waals surface area contributed by atoms with Crippen LogP contribution in [0.5, 0.6) is 0 Å². The van der Waals surface area contributed by atoms with Crippen LogP contribution in [0.3, 0.4) is 0 Å². The summed E-state index contributed by atoms with van der Waals surface area (Å²) in [7, 11) is 0. The van der Waals surface area contributed by atoms with E-state index >= 15 is 0 Å². The number of nitrogens with two attached hydrogens (primary N) is 1. The first kappa shape index (κ1) is 27.8. The van der Waals surface area contributed by atoms with E-state index in [2.05, 4.69) is 10.6 Å². The van der Waals surface area contributed by atoms with Crippen molar-refractivity contribution in [2.45, 2.75) is 103 Å². The van der Waals surface area contributed by atoms with E-state index in [0.717, 1.165) is 49.7 Å². The van der Waals surface area contributed by atoms with E-state index < -0.39 is 34.9 Å². The van der Waals surface area contributed by atoms with Gasteiger partial charge in [-0.2, -0.15) is 0 Å². The minimum atomic E-state index is -0.749. The zero-order valence-electron chi connectivity index (χ0n) is 21.2. The van der Waals surface area contributed by atoms with Crippen molar-refractivity contribution in [2.24, 2.45) is 11.7 Å². The second-order valence-electron chi connectivity index (χ2n) is 10.8. The van der Waals surface area contributed by atoms with E-state index in [4.69, 9.17) is 5.73 Å². The van der Waals surface area contributed by atoms with Crippen LogP contribution in [0.4, 0.5) is 0 Å². The predicted octanol–water partition coefficient (Wildman–Crippen LogP) is 2.97. The average molecular weight is 473 g/mol. The molecule has 0 heterocycles. The van der Waals surface area contributed by atoms with Crippen molar-refractivity contribution in [3.05, 3.63) is 41.8 Å². The Morgan fingerprint density at radius 2 is 1.68 bits per heavy atom. The maximum Gasteiger partial charge on any atom is 0.243 e. The summed E-state index contributed by atoms with van der Waals surface area (Å²) in [4.78, 5) is 36.5. The molecule has 2 unspecified atom stereocenters. The second-order valence-corrected chi connectivity index (χ2v) is 10.8. The zero-order valence-corrected chi connectivity index (χ0v) is 21.2. The smallest absolute Gasteiger partial charge is 0.243 e. The van der Waals surface area contributed by atoms with Gasteiger partial charge in [0.1, 0.15) is 6.04 Å². The van der Waals surface area contributed by atoms with Crippen molar-refractivity contribution in [1.29, 1.82) is 0 Å². The standard InChI is InChI=1S/C27H42N3O4/c1-19(24(28)32)8-13-23(31)29-22(25(33)30-26(2,3)4)18-21-11-9-20(10-12-21)14-17-27(34)15-6-5-7-16-27/h9-13,19,22,34H,5-8,14-18H2,1-4H3,(H2,28,32)(H,29,31)(H,30,33). The molecule has 34 heavy (non-hydrogen) atoms. The Hall–Kier alpha value is -2.41. The van der Waals surface area contributed by atoms with Crippen LogP contribution in [-0.4, -0.2) is 40.0 Å². The first-order valence-electron chi connectivity index (χ1n) is 12.4. The number of hydrogen-bond acceptors (Lipinski definition) is 4. The SMILES string of the molecule is CC(C[CH]C(=O)NC(Cc1ccc(CCC2(O)CCCCC2)cc1)C(=O)NC(C)(C)C)C(N)=O. The van der Waals surface area contributed by atoms with Gasteiger partial charge in [0.25, 0.3) is 0 Å². The van der Waals surface area contributed by atoms with Gasteiger partial charge in [-0.25, -0.2) is 0 Å². The highest BCUT2D eigenvalue weighted by Gasteiger charge is 2.29. The minimum absolute atomic E-state index is 0.218. The summed E-state index contributed by atoms with van der Waals surface area (Å²) in [5.41, 5.74) is 6.36. The lowest BCUT2D eigenvalue weighted by molar-refractivity contribution is -0.128. The van der Waals surface area contributed by atoms with E-state index in [9.17, 15) is 19.5 Å². The molecular formula is C27H42N3O4. The molecule has 0 saturated heterocycles. The number of hydrogen-bond donors (Lipinski definition) is 4. The summed E-state index contributed by atoms with van der Waals surface area (Å²) >= 11 is 0. The Bertz CT molecular complexity index is 823. The topological polar surface area (TPSA) is 122 Å². The van der Waals surface area contributed by atoms with Crippen LogP contribution in [0, 0.1) is 12.3 Å². The van der Waals surface area contributed by atoms with E-state index in [1.54, 1.807) is 6.92 Å². The summed E-state index contributed by atoms with van der Waals surface area (Å²) in [6, 6.07) is 7.26. The van der Waals surface area contributed by atoms with Crippen molar-refractivity contribution in [3.63, 3.8) is 0 Å². The third-order valence-electron chi connectivity index (χ3n) is 6.40. The third-order valence-corrected chi connectivity index (χ3v) is 6.40. The first-order valence-corrected chi connectivity index (χ1v) is 12.4. The van der Waals surface area contributed by atoms with Gasteiger partial charge in [0, 0.05) is 17.9 Å². The molecule has 1 aliphatic rings. The van der Waals surface area contributed by atoms with Crippen LogP contribution in [0.25, 0.3) is 0 Å². The number of benzene rings is 1. The summed E-state index contributed by atoms with van der Waals surface area (Å²) in [5, 5.41) is 16.4. The molecular weight excluding hydrogens is 430 g/mol. The number of aryl methyl sites for hydroxylation is 1. The van der Waals surface area contributed by atoms with Crippen LogP contribution in [0.2, 0.25) is 0 Å². The van der Waals surface area contributed by atoms with Crippen LogP contribution in [-0.2, 0) is 27.2 Å². The molecule has 2 atom stereocenters. The van der Waals surface area contributed by atoms with Gasteiger partial charge in [-0.3, -0.25) is 14.4 Å². The molecule has 1 radical (unpaired) electrons. The Labute approximate surface area is 204 Å². The Kier molecular flexibility index (Phi) is 10.1. The largest absolute Gasteiger partial charge is 0.390 e. The highest BCUT2D eigenvalue weighted by molar-refractivity contribution is 5.92. The van der Waals surface area contributed by atoms with Gasteiger partial charge in [-0.1, -0.05) is 50.5 Å². The molecule has 0 spiro atoms. The second kappa shape index (κ2) is 12.3. The van der Waals surface area contributed by atoms with Gasteiger partial charge in [0.15, 0.2) is 0 Å². The fourth-order valence-corrected chi connectivity index (χ4v) is 4.21. The van der Waals surface area contributed by atoms with Gasteiger partial charge in [-0.05, 0) is 64.0 Å². The summed E-state index contributed by atoms with van der Waals surface area (Å²) in [6.45, 7) is 7.32. The van der Waals surface area contributed by atoms with Crippen LogP contribution in [0.1, 0.15) is 83.8 Å². The fourth-order valence-electron chi connectivity index (χ4n) is 4.21. The molecule has 7 heteroatoms. The molecule has 1 fully saturated rings. The Morgan fingerprint density at radius 1 is 1.09 bits per heavy atom. The van der Waals surface area contributed by atoms with Gasteiger partial charge >= 0.3 is 0 Å². The predicted molar refractivity (Wildman–Crippen MR) is 134 cm³/mol. The van der Waals surface area contributed by atoms with Crippen molar-refractivity contribution < 1.29 is 19.5 Å². The van der Waals surface area contributed by atoms with Crippen LogP contribution in [0.15, 0.2) is 24.3 Å². The van der Waals surface area contributed by atoms with E-state index in [1.165, 1.54) is 12.8 Å². The maximum atomic E-state index is 12.9. The molecule has 189 valence electrons. The van der Waals surface area contributed by atoms with Gasteiger partial charge in [0.2, 0.25) is 17.7 Å². The highest BCUT2D eigenvalue weighted by Crippen LogP contribution is 2.31. The maximum absolute atomic E-state index is 12.9. The molecule has 1 saturated carbocycles. The first-order chi connectivity index (χ1) is 15.9. The number of carbonyl (C=O) groups excluding carboxylic acids is 3. The number of amides is 3. The average Bonchev–Trinajstić information content (AvgIpc) is 2.75. The van der Waals surface area contributed by atoms with Gasteiger partial charge < -0.3 is 21.5 Å². The number of nitrogens with one attached hydrogen (secondary N) is 2. The monoisotopic (exact) mass is 472 g/mol. The Morgan fingerprint density at radius 3 is 2.24 bits per heavy atom. The van der Waals surface area contributed by atoms with Crippen LogP contribution >= 0.6 is 0 Å².